The summed E-state index contributed by atoms with van der Waals surface area (Å²) >= 11 is 0. The van der Waals surface area contributed by atoms with Crippen molar-refractivity contribution in [3.63, 3.8) is 0 Å². The molecule has 28 heavy (non-hydrogen) atoms. The minimum atomic E-state index is -0.172. The van der Waals surface area contributed by atoms with Crippen molar-refractivity contribution in [1.82, 2.24) is 15.5 Å². The Balaban J connectivity index is 0.00000392. The number of nitrogens with zero attached hydrogens (tertiary/aromatic N) is 2. The minimum Gasteiger partial charge on any atom is -0.497 e. The van der Waals surface area contributed by atoms with Gasteiger partial charge in [-0.2, -0.15) is 0 Å². The number of aliphatic imine (C=N–C) groups is 1. The van der Waals surface area contributed by atoms with Crippen molar-refractivity contribution >= 4 is 29.9 Å². The molecule has 0 amide bonds. The van der Waals surface area contributed by atoms with E-state index < -0.39 is 0 Å². The summed E-state index contributed by atoms with van der Waals surface area (Å²) in [7, 11) is 7.49. The molecule has 0 aliphatic rings. The third-order valence-electron chi connectivity index (χ3n) is 4.46. The van der Waals surface area contributed by atoms with Crippen molar-refractivity contribution in [2.75, 3.05) is 41.3 Å². The van der Waals surface area contributed by atoms with Gasteiger partial charge in [0.1, 0.15) is 11.6 Å². The monoisotopic (exact) mass is 500 g/mol. The normalized spacial score (nSPS) is 12.3. The number of halogens is 2. The second-order valence-corrected chi connectivity index (χ2v) is 6.47. The van der Waals surface area contributed by atoms with Crippen LogP contribution in [0.25, 0.3) is 0 Å². The summed E-state index contributed by atoms with van der Waals surface area (Å²) in [4.78, 5) is 6.41. The fraction of sp³-hybridized carbons (Fsp3) is 0.381. The maximum atomic E-state index is 13.7. The number of hydrogen-bond acceptors (Lipinski definition) is 3. The van der Waals surface area contributed by atoms with E-state index in [0.717, 1.165) is 5.75 Å². The maximum absolute atomic E-state index is 13.7. The van der Waals surface area contributed by atoms with Gasteiger partial charge in [-0.3, -0.25) is 4.99 Å². The summed E-state index contributed by atoms with van der Waals surface area (Å²) in [6.45, 7) is 1.30. The van der Waals surface area contributed by atoms with E-state index in [1.807, 2.05) is 32.3 Å². The van der Waals surface area contributed by atoms with E-state index >= 15 is 0 Å². The van der Waals surface area contributed by atoms with Gasteiger partial charge in [-0.15, -0.1) is 24.0 Å². The van der Waals surface area contributed by atoms with E-state index in [4.69, 9.17) is 4.74 Å². The first-order valence-electron chi connectivity index (χ1n) is 9.03. The molecule has 0 radical (unpaired) electrons. The Morgan fingerprint density at radius 1 is 1.11 bits per heavy atom. The van der Waals surface area contributed by atoms with E-state index in [9.17, 15) is 4.39 Å². The lowest BCUT2D eigenvalue weighted by molar-refractivity contribution is 0.298. The van der Waals surface area contributed by atoms with Crippen LogP contribution in [0.3, 0.4) is 0 Å². The van der Waals surface area contributed by atoms with Gasteiger partial charge in [0, 0.05) is 20.1 Å². The van der Waals surface area contributed by atoms with Crippen LogP contribution in [0.5, 0.6) is 5.75 Å². The number of ether oxygens (including phenoxy) is 1. The van der Waals surface area contributed by atoms with Gasteiger partial charge in [-0.25, -0.2) is 4.39 Å². The summed E-state index contributed by atoms with van der Waals surface area (Å²) in [5.74, 6) is 1.37. The molecule has 5 nitrogen and oxygen atoms in total. The Bertz CT molecular complexity index is 737. The molecule has 1 atom stereocenters. The molecule has 0 aliphatic carbocycles. The fourth-order valence-electron chi connectivity index (χ4n) is 2.86. The molecular formula is C21H30FIN4O. The molecule has 154 valence electrons. The van der Waals surface area contributed by atoms with Gasteiger partial charge in [0.2, 0.25) is 0 Å². The second-order valence-electron chi connectivity index (χ2n) is 6.47. The Kier molecular flexibility index (Phi) is 10.8. The molecule has 0 aromatic heterocycles. The highest BCUT2D eigenvalue weighted by atomic mass is 127. The van der Waals surface area contributed by atoms with Crippen molar-refractivity contribution in [3.8, 4) is 5.75 Å². The van der Waals surface area contributed by atoms with Crippen LogP contribution >= 0.6 is 24.0 Å². The largest absolute Gasteiger partial charge is 0.497 e. The highest BCUT2D eigenvalue weighted by Gasteiger charge is 2.15. The molecular weight excluding hydrogens is 470 g/mol. The van der Waals surface area contributed by atoms with Crippen LogP contribution in [0.1, 0.15) is 17.2 Å². The zero-order valence-corrected chi connectivity index (χ0v) is 19.2. The van der Waals surface area contributed by atoms with Crippen LogP contribution in [0.2, 0.25) is 0 Å². The molecule has 2 aromatic rings. The summed E-state index contributed by atoms with van der Waals surface area (Å²) in [6, 6.07) is 15.1. The SMILES string of the molecule is CN=C(NCCc1ccccc1F)NCC(c1ccc(OC)cc1)N(C)C.I. The first-order chi connectivity index (χ1) is 13.0. The first-order valence-corrected chi connectivity index (χ1v) is 9.03. The molecule has 0 heterocycles. The van der Waals surface area contributed by atoms with Gasteiger partial charge < -0.3 is 20.3 Å². The molecule has 0 saturated heterocycles. The fourth-order valence-corrected chi connectivity index (χ4v) is 2.86. The van der Waals surface area contributed by atoms with Crippen LogP contribution in [-0.2, 0) is 6.42 Å². The van der Waals surface area contributed by atoms with Crippen molar-refractivity contribution in [1.29, 1.82) is 0 Å². The van der Waals surface area contributed by atoms with Crippen molar-refractivity contribution in [2.45, 2.75) is 12.5 Å². The lowest BCUT2D eigenvalue weighted by atomic mass is 10.1. The Morgan fingerprint density at radius 2 is 1.79 bits per heavy atom. The topological polar surface area (TPSA) is 48.9 Å². The van der Waals surface area contributed by atoms with Gasteiger partial charge in [0.25, 0.3) is 0 Å². The van der Waals surface area contributed by atoms with Crippen LogP contribution in [0, 0.1) is 5.82 Å². The van der Waals surface area contributed by atoms with Gasteiger partial charge in [0.15, 0.2) is 5.96 Å². The van der Waals surface area contributed by atoms with Crippen LogP contribution in [-0.4, -0.2) is 52.2 Å². The molecule has 0 saturated carbocycles. The summed E-state index contributed by atoms with van der Waals surface area (Å²) < 4.78 is 18.9. The highest BCUT2D eigenvalue weighted by Crippen LogP contribution is 2.20. The second kappa shape index (κ2) is 12.6. The molecule has 0 bridgehead atoms. The van der Waals surface area contributed by atoms with Crippen molar-refractivity contribution in [2.24, 2.45) is 4.99 Å². The highest BCUT2D eigenvalue weighted by molar-refractivity contribution is 14.0. The number of hydrogen-bond donors (Lipinski definition) is 2. The minimum absolute atomic E-state index is 0. The lowest BCUT2D eigenvalue weighted by Gasteiger charge is -2.26. The van der Waals surface area contributed by atoms with Crippen LogP contribution in [0.15, 0.2) is 53.5 Å². The van der Waals surface area contributed by atoms with Crippen LogP contribution < -0.4 is 15.4 Å². The zero-order valence-electron chi connectivity index (χ0n) is 16.9. The Labute approximate surface area is 184 Å². The van der Waals surface area contributed by atoms with E-state index in [-0.39, 0.29) is 35.8 Å². The van der Waals surface area contributed by atoms with Crippen molar-refractivity contribution in [3.05, 3.63) is 65.5 Å². The number of likely N-dealkylation sites (N-methyl/N-ethyl adjacent to an activating group) is 1. The van der Waals surface area contributed by atoms with Crippen LogP contribution in [0.4, 0.5) is 4.39 Å². The number of rotatable bonds is 8. The average Bonchev–Trinajstić information content (AvgIpc) is 2.68. The first kappa shape index (κ1) is 24.2. The van der Waals surface area contributed by atoms with Gasteiger partial charge >= 0.3 is 0 Å². The lowest BCUT2D eigenvalue weighted by Crippen LogP contribution is -2.42. The maximum Gasteiger partial charge on any atom is 0.191 e. The Morgan fingerprint density at radius 3 is 2.36 bits per heavy atom. The molecule has 7 heteroatoms. The summed E-state index contributed by atoms with van der Waals surface area (Å²) in [5.41, 5.74) is 1.89. The molecule has 0 spiro atoms. The van der Waals surface area contributed by atoms with E-state index in [0.29, 0.717) is 31.0 Å². The van der Waals surface area contributed by atoms with E-state index in [1.54, 1.807) is 26.3 Å². The van der Waals surface area contributed by atoms with E-state index in [2.05, 4.69) is 32.7 Å². The number of benzene rings is 2. The summed E-state index contributed by atoms with van der Waals surface area (Å²) in [5, 5.41) is 6.59. The molecule has 2 rings (SSSR count). The summed E-state index contributed by atoms with van der Waals surface area (Å²) in [6.07, 6.45) is 0.600. The number of methoxy groups -OCH3 is 1. The van der Waals surface area contributed by atoms with Gasteiger partial charge in [-0.05, 0) is 49.8 Å². The zero-order chi connectivity index (χ0) is 19.6. The van der Waals surface area contributed by atoms with Gasteiger partial charge in [-0.1, -0.05) is 30.3 Å². The van der Waals surface area contributed by atoms with Gasteiger partial charge in [0.05, 0.1) is 13.2 Å². The number of guanidine groups is 1. The molecule has 0 fully saturated rings. The van der Waals surface area contributed by atoms with E-state index in [1.165, 1.54) is 11.6 Å². The predicted molar refractivity (Wildman–Crippen MR) is 124 cm³/mol. The molecule has 2 N–H and O–H groups in total. The third kappa shape index (κ3) is 7.27. The average molecular weight is 500 g/mol. The standard InChI is InChI=1S/C21H29FN4O.HI/c1-23-21(24-14-13-16-7-5-6-8-19(16)22)25-15-20(26(2)3)17-9-11-18(27-4)12-10-17;/h5-12,20H,13-15H2,1-4H3,(H2,23,24,25);1H. The smallest absolute Gasteiger partial charge is 0.191 e. The quantitative estimate of drug-likeness (QED) is 0.331. The third-order valence-corrected chi connectivity index (χ3v) is 4.46. The number of nitrogens with one attached hydrogen (secondary N) is 2. The predicted octanol–water partition coefficient (Wildman–Crippen LogP) is 3.46. The molecule has 2 aromatic carbocycles. The molecule has 1 unspecified atom stereocenters. The molecule has 0 aliphatic heterocycles. The Hall–Kier alpha value is -1.87. The van der Waals surface area contributed by atoms with Crippen molar-refractivity contribution < 1.29 is 9.13 Å².